The third-order valence-corrected chi connectivity index (χ3v) is 9.46. The van der Waals surface area contributed by atoms with Gasteiger partial charge in [0, 0.05) is 10.8 Å². The van der Waals surface area contributed by atoms with Crippen molar-refractivity contribution in [2.45, 2.75) is 5.41 Å². The van der Waals surface area contributed by atoms with Crippen LogP contribution in [0.2, 0.25) is 0 Å². The average Bonchev–Trinajstić information content (AvgIpc) is 3.54. The van der Waals surface area contributed by atoms with E-state index in [2.05, 4.69) is 127 Å². The molecule has 0 radical (unpaired) electrons. The Morgan fingerprint density at radius 1 is 0.375 bits per heavy atom. The largest absolute Gasteiger partial charge is 0.456 e. The summed E-state index contributed by atoms with van der Waals surface area (Å²) < 4.78 is 6.27. The van der Waals surface area contributed by atoms with Crippen molar-refractivity contribution < 1.29 is 4.42 Å². The molecule has 1 nitrogen and oxygen atoms in total. The molecule has 1 heterocycles. The van der Waals surface area contributed by atoms with E-state index in [1.165, 1.54) is 65.3 Å². The van der Waals surface area contributed by atoms with Gasteiger partial charge in [0.2, 0.25) is 0 Å². The van der Waals surface area contributed by atoms with Crippen LogP contribution in [-0.2, 0) is 5.41 Å². The molecule has 0 bridgehead atoms. The quantitative estimate of drug-likeness (QED) is 0.168. The maximum absolute atomic E-state index is 6.27. The summed E-state index contributed by atoms with van der Waals surface area (Å²) in [5.74, 6) is 0. The van der Waals surface area contributed by atoms with Crippen molar-refractivity contribution in [3.8, 4) is 0 Å². The second-order valence-electron chi connectivity index (χ2n) is 11.2. The number of rotatable bonds is 2. The predicted octanol–water partition coefficient (Wildman–Crippen LogP) is 10.3. The number of para-hydroxylation sites is 1. The first kappa shape index (κ1) is 20.8. The normalized spacial score (nSPS) is 16.6. The predicted molar refractivity (Wildman–Crippen MR) is 167 cm³/mol. The summed E-state index contributed by atoms with van der Waals surface area (Å²) in [5, 5.41) is 13.1. The molecule has 1 aromatic heterocycles. The van der Waals surface area contributed by atoms with E-state index in [9.17, 15) is 0 Å². The van der Waals surface area contributed by atoms with Crippen molar-refractivity contribution in [1.82, 2.24) is 0 Å². The zero-order chi connectivity index (χ0) is 26.0. The van der Waals surface area contributed by atoms with Crippen molar-refractivity contribution in [3.63, 3.8) is 0 Å². The fourth-order valence-corrected chi connectivity index (χ4v) is 7.93. The molecule has 0 aliphatic heterocycles. The first-order chi connectivity index (χ1) is 19.8. The van der Waals surface area contributed by atoms with Crippen LogP contribution < -0.4 is 0 Å². The van der Waals surface area contributed by atoms with Crippen LogP contribution in [0.5, 0.6) is 0 Å². The lowest BCUT2D eigenvalue weighted by Gasteiger charge is -2.34. The Balaban J connectivity index is 1.46. The van der Waals surface area contributed by atoms with Crippen LogP contribution in [0, 0.1) is 0 Å². The van der Waals surface area contributed by atoms with Gasteiger partial charge < -0.3 is 4.42 Å². The number of hydrogen-bond acceptors (Lipinski definition) is 1. The monoisotopic (exact) mass is 506 g/mol. The molecule has 9 aromatic rings. The summed E-state index contributed by atoms with van der Waals surface area (Å²) in [6, 6.07) is 49.3. The average molecular weight is 507 g/mol. The second kappa shape index (κ2) is 7.08. The molecular weight excluding hydrogens is 484 g/mol. The van der Waals surface area contributed by atoms with Crippen molar-refractivity contribution in [2.75, 3.05) is 0 Å². The molecule has 0 fully saturated rings. The molecule has 10 rings (SSSR count). The van der Waals surface area contributed by atoms with E-state index in [4.69, 9.17) is 4.42 Å². The fraction of sp³-hybridized carbons (Fsp3) is 0.0256. The number of hydrogen-bond donors (Lipinski definition) is 0. The lowest BCUT2D eigenvalue weighted by molar-refractivity contribution is 0.668. The van der Waals surface area contributed by atoms with Crippen LogP contribution >= 0.6 is 0 Å². The Kier molecular flexibility index (Phi) is 3.68. The van der Waals surface area contributed by atoms with E-state index in [0.717, 1.165) is 21.9 Å². The Morgan fingerprint density at radius 2 is 1.05 bits per heavy atom. The van der Waals surface area contributed by atoms with Gasteiger partial charge in [0.1, 0.15) is 11.2 Å². The number of fused-ring (bicyclic) bond motifs is 4. The van der Waals surface area contributed by atoms with Crippen molar-refractivity contribution >= 4 is 65.0 Å². The molecule has 40 heavy (non-hydrogen) atoms. The third kappa shape index (κ3) is 2.28. The first-order valence-corrected chi connectivity index (χ1v) is 13.9. The smallest absolute Gasteiger partial charge is 0.135 e. The van der Waals surface area contributed by atoms with Crippen molar-refractivity contribution in [1.29, 1.82) is 0 Å². The maximum Gasteiger partial charge on any atom is 0.135 e. The Bertz CT molecular complexity index is 2480. The van der Waals surface area contributed by atoms with Crippen molar-refractivity contribution in [2.24, 2.45) is 0 Å². The summed E-state index contributed by atoms with van der Waals surface area (Å²) in [5.41, 5.74) is 6.69. The molecule has 0 saturated carbocycles. The minimum atomic E-state index is -0.451. The minimum Gasteiger partial charge on any atom is -0.456 e. The third-order valence-electron chi connectivity index (χ3n) is 9.46. The summed E-state index contributed by atoms with van der Waals surface area (Å²) in [6.07, 6.45) is 0. The van der Waals surface area contributed by atoms with Gasteiger partial charge in [0.15, 0.2) is 0 Å². The molecule has 1 unspecified atom stereocenters. The van der Waals surface area contributed by atoms with Gasteiger partial charge in [-0.05, 0) is 83.5 Å². The highest BCUT2D eigenvalue weighted by atomic mass is 16.3. The molecule has 1 heteroatoms. The summed E-state index contributed by atoms with van der Waals surface area (Å²) in [4.78, 5) is 0. The molecule has 0 N–H and O–H groups in total. The zero-order valence-electron chi connectivity index (χ0n) is 21.6. The highest BCUT2D eigenvalue weighted by Crippen LogP contribution is 2.58. The van der Waals surface area contributed by atoms with Crippen LogP contribution in [0.1, 0.15) is 22.3 Å². The summed E-state index contributed by atoms with van der Waals surface area (Å²) >= 11 is 0. The van der Waals surface area contributed by atoms with Gasteiger partial charge in [-0.3, -0.25) is 0 Å². The zero-order valence-corrected chi connectivity index (χ0v) is 21.6. The first-order valence-electron chi connectivity index (χ1n) is 13.9. The van der Waals surface area contributed by atoms with Crippen LogP contribution in [0.4, 0.5) is 0 Å². The standard InChI is InChI=1S/C39H22O/c1-2-9-25(10-3-1)39(26-19-21-34-30(22-26)27-11-4-5-15-33(27)40-34)31-14-7-13-29-28-12-6-8-23-16-17-24-18-20-32(39)38(37(29)31)36(24)35(23)28/h1-22H. The molecule has 1 aliphatic rings. The van der Waals surface area contributed by atoms with Crippen LogP contribution in [0.25, 0.3) is 65.0 Å². The number of benzene rings is 8. The molecule has 1 atom stereocenters. The van der Waals surface area contributed by atoms with Gasteiger partial charge in [-0.1, -0.05) is 115 Å². The van der Waals surface area contributed by atoms with Crippen LogP contribution in [0.15, 0.2) is 138 Å². The molecule has 0 amide bonds. The molecule has 0 saturated heterocycles. The van der Waals surface area contributed by atoms with E-state index in [1.54, 1.807) is 0 Å². The Hall–Kier alpha value is -5.14. The van der Waals surface area contributed by atoms with Gasteiger partial charge >= 0.3 is 0 Å². The Labute approximate surface area is 230 Å². The molecule has 1 aliphatic carbocycles. The molecule has 8 aromatic carbocycles. The van der Waals surface area contributed by atoms with Crippen molar-refractivity contribution in [3.05, 3.63) is 156 Å². The molecule has 184 valence electrons. The van der Waals surface area contributed by atoms with Gasteiger partial charge in [-0.25, -0.2) is 0 Å². The van der Waals surface area contributed by atoms with Gasteiger partial charge in [0.05, 0.1) is 5.41 Å². The summed E-state index contributed by atoms with van der Waals surface area (Å²) in [7, 11) is 0. The highest BCUT2D eigenvalue weighted by molar-refractivity contribution is 6.36. The van der Waals surface area contributed by atoms with Gasteiger partial charge in [0.25, 0.3) is 0 Å². The van der Waals surface area contributed by atoms with Gasteiger partial charge in [-0.15, -0.1) is 0 Å². The van der Waals surface area contributed by atoms with E-state index >= 15 is 0 Å². The second-order valence-corrected chi connectivity index (χ2v) is 11.2. The Morgan fingerprint density at radius 3 is 1.95 bits per heavy atom. The minimum absolute atomic E-state index is 0.451. The maximum atomic E-state index is 6.27. The van der Waals surface area contributed by atoms with E-state index in [-0.39, 0.29) is 0 Å². The van der Waals surface area contributed by atoms with Gasteiger partial charge in [-0.2, -0.15) is 0 Å². The topological polar surface area (TPSA) is 13.1 Å². The molecule has 0 spiro atoms. The van der Waals surface area contributed by atoms with E-state index < -0.39 is 5.41 Å². The summed E-state index contributed by atoms with van der Waals surface area (Å²) in [6.45, 7) is 0. The lowest BCUT2D eigenvalue weighted by atomic mass is 9.67. The fourth-order valence-electron chi connectivity index (χ4n) is 7.93. The van der Waals surface area contributed by atoms with E-state index in [0.29, 0.717) is 0 Å². The number of furan rings is 1. The van der Waals surface area contributed by atoms with E-state index in [1.807, 2.05) is 6.07 Å². The molecular formula is C39H22O. The lowest BCUT2D eigenvalue weighted by Crippen LogP contribution is -2.28. The van der Waals surface area contributed by atoms with Crippen LogP contribution in [-0.4, -0.2) is 0 Å². The highest BCUT2D eigenvalue weighted by Gasteiger charge is 2.45. The van der Waals surface area contributed by atoms with Crippen LogP contribution in [0.3, 0.4) is 0 Å². The SMILES string of the molecule is c1ccc(C2(c3ccc4oc5ccccc5c4c3)c3cccc4c5cccc6ccc7ccc2c(c34)c7c65)cc1.